The number of rotatable bonds is 8. The second kappa shape index (κ2) is 11.6. The predicted octanol–water partition coefficient (Wildman–Crippen LogP) is 5.28. The van der Waals surface area contributed by atoms with Gasteiger partial charge in [-0.15, -0.1) is 0 Å². The van der Waals surface area contributed by atoms with Crippen LogP contribution < -0.4 is 14.9 Å². The van der Waals surface area contributed by atoms with Gasteiger partial charge in [0.15, 0.2) is 0 Å². The first kappa shape index (κ1) is 26.4. The van der Waals surface area contributed by atoms with Crippen LogP contribution >= 0.6 is 0 Å². The summed E-state index contributed by atoms with van der Waals surface area (Å²) in [4.78, 5) is 25.9. The van der Waals surface area contributed by atoms with E-state index in [2.05, 4.69) is 10.6 Å². The summed E-state index contributed by atoms with van der Waals surface area (Å²) in [6.07, 6.45) is 6.54. The molecule has 2 amide bonds. The molecule has 7 nitrogen and oxygen atoms in total. The van der Waals surface area contributed by atoms with Gasteiger partial charge >= 0.3 is 0 Å². The molecule has 8 heteroatoms. The highest BCUT2D eigenvalue weighted by molar-refractivity contribution is 7.92. The molecule has 2 N–H and O–H groups in total. The maximum atomic E-state index is 13.0. The summed E-state index contributed by atoms with van der Waals surface area (Å²) in [6, 6.07) is 21.2. The van der Waals surface area contributed by atoms with Crippen LogP contribution in [0.4, 0.5) is 11.4 Å². The molecule has 0 atom stereocenters. The van der Waals surface area contributed by atoms with Gasteiger partial charge in [-0.1, -0.05) is 55.7 Å². The summed E-state index contributed by atoms with van der Waals surface area (Å²) in [7, 11) is -3.55. The Morgan fingerprint density at radius 2 is 1.51 bits per heavy atom. The zero-order chi connectivity index (χ0) is 26.4. The number of benzene rings is 3. The van der Waals surface area contributed by atoms with E-state index < -0.39 is 10.0 Å². The number of hydrogen-bond acceptors (Lipinski definition) is 4. The van der Waals surface area contributed by atoms with E-state index in [1.54, 1.807) is 48.5 Å². The number of sulfonamides is 1. The minimum atomic E-state index is -3.55. The second-order valence-electron chi connectivity index (χ2n) is 9.55. The molecule has 0 spiro atoms. The van der Waals surface area contributed by atoms with Gasteiger partial charge in [0.05, 0.1) is 29.7 Å². The van der Waals surface area contributed by atoms with E-state index in [4.69, 9.17) is 0 Å². The molecule has 4 rings (SSSR count). The van der Waals surface area contributed by atoms with E-state index in [0.29, 0.717) is 22.5 Å². The van der Waals surface area contributed by atoms with Gasteiger partial charge < -0.3 is 10.6 Å². The van der Waals surface area contributed by atoms with Gasteiger partial charge in [-0.05, 0) is 67.3 Å². The monoisotopic (exact) mass is 519 g/mol. The average Bonchev–Trinajstić information content (AvgIpc) is 2.88. The van der Waals surface area contributed by atoms with Crippen LogP contribution in [0.25, 0.3) is 0 Å². The lowest BCUT2D eigenvalue weighted by Gasteiger charge is -2.24. The fourth-order valence-corrected chi connectivity index (χ4v) is 5.49. The number of carbonyl (C=O) groups is 2. The normalized spacial score (nSPS) is 14.1. The van der Waals surface area contributed by atoms with Gasteiger partial charge in [0.1, 0.15) is 0 Å². The molecule has 37 heavy (non-hydrogen) atoms. The van der Waals surface area contributed by atoms with Crippen LogP contribution in [0.1, 0.15) is 63.9 Å². The first-order chi connectivity index (χ1) is 17.7. The van der Waals surface area contributed by atoms with Crippen molar-refractivity contribution in [2.75, 3.05) is 15.9 Å². The second-order valence-corrected chi connectivity index (χ2v) is 11.5. The topological polar surface area (TPSA) is 95.6 Å². The SMILES string of the molecule is Cc1ccccc1CN(c1ccc(C(=O)Nc2ccccc2C(=O)NC2CCCCC2)cc1)S(C)(=O)=O. The van der Waals surface area contributed by atoms with Crippen LogP contribution in [-0.4, -0.2) is 32.5 Å². The fraction of sp³-hybridized carbons (Fsp3) is 0.310. The third-order valence-corrected chi connectivity index (χ3v) is 7.89. The maximum absolute atomic E-state index is 13.0. The van der Waals surface area contributed by atoms with Gasteiger partial charge in [0, 0.05) is 11.6 Å². The van der Waals surface area contributed by atoms with Crippen LogP contribution in [0.5, 0.6) is 0 Å². The van der Waals surface area contributed by atoms with Crippen LogP contribution in [0.2, 0.25) is 0 Å². The zero-order valence-electron chi connectivity index (χ0n) is 21.2. The molecular weight excluding hydrogens is 486 g/mol. The molecule has 3 aromatic carbocycles. The van der Waals surface area contributed by atoms with Crippen molar-refractivity contribution in [3.05, 3.63) is 95.1 Å². The molecule has 0 heterocycles. The van der Waals surface area contributed by atoms with E-state index in [9.17, 15) is 18.0 Å². The summed E-state index contributed by atoms with van der Waals surface area (Å²) in [5.74, 6) is -0.576. The Balaban J connectivity index is 1.49. The Hall–Kier alpha value is -3.65. The third-order valence-electron chi connectivity index (χ3n) is 6.75. The van der Waals surface area contributed by atoms with Crippen molar-refractivity contribution in [1.29, 1.82) is 0 Å². The van der Waals surface area contributed by atoms with Gasteiger partial charge in [-0.3, -0.25) is 13.9 Å². The van der Waals surface area contributed by atoms with Crippen LogP contribution in [0, 0.1) is 6.92 Å². The van der Waals surface area contributed by atoms with Crippen molar-refractivity contribution >= 4 is 33.2 Å². The molecule has 0 aliphatic heterocycles. The van der Waals surface area contributed by atoms with Gasteiger partial charge in [0.25, 0.3) is 11.8 Å². The summed E-state index contributed by atoms with van der Waals surface area (Å²) >= 11 is 0. The number of amides is 2. The highest BCUT2D eigenvalue weighted by Crippen LogP contribution is 2.24. The molecule has 1 fully saturated rings. The minimum absolute atomic E-state index is 0.162. The fourth-order valence-electron chi connectivity index (χ4n) is 4.62. The van der Waals surface area contributed by atoms with Crippen molar-refractivity contribution in [3.63, 3.8) is 0 Å². The Morgan fingerprint density at radius 3 is 2.19 bits per heavy atom. The van der Waals surface area contributed by atoms with Crippen LogP contribution in [0.15, 0.2) is 72.8 Å². The average molecular weight is 520 g/mol. The highest BCUT2D eigenvalue weighted by Gasteiger charge is 2.21. The van der Waals surface area contributed by atoms with Gasteiger partial charge in [-0.25, -0.2) is 8.42 Å². The van der Waals surface area contributed by atoms with E-state index >= 15 is 0 Å². The Morgan fingerprint density at radius 1 is 0.865 bits per heavy atom. The van der Waals surface area contributed by atoms with E-state index in [1.807, 2.05) is 31.2 Å². The number of carbonyl (C=O) groups excluding carboxylic acids is 2. The van der Waals surface area contributed by atoms with E-state index in [-0.39, 0.29) is 24.4 Å². The number of aryl methyl sites for hydroxylation is 1. The first-order valence-corrected chi connectivity index (χ1v) is 14.4. The Labute approximate surface area is 218 Å². The molecule has 194 valence electrons. The number of anilines is 2. The summed E-state index contributed by atoms with van der Waals surface area (Å²) in [5.41, 5.74) is 3.57. The van der Waals surface area contributed by atoms with E-state index in [1.165, 1.54) is 17.0 Å². The zero-order valence-corrected chi connectivity index (χ0v) is 22.1. The Bertz CT molecular complexity index is 1360. The van der Waals surface area contributed by atoms with Crippen LogP contribution in [-0.2, 0) is 16.6 Å². The molecular formula is C29H33N3O4S. The number of nitrogens with zero attached hydrogens (tertiary/aromatic N) is 1. The van der Waals surface area contributed by atoms with Crippen molar-refractivity contribution < 1.29 is 18.0 Å². The third kappa shape index (κ3) is 6.77. The number of hydrogen-bond donors (Lipinski definition) is 2. The van der Waals surface area contributed by atoms with Crippen LogP contribution in [0.3, 0.4) is 0 Å². The highest BCUT2D eigenvalue weighted by atomic mass is 32.2. The quantitative estimate of drug-likeness (QED) is 0.424. The van der Waals surface area contributed by atoms with Crippen molar-refractivity contribution in [2.45, 2.75) is 51.6 Å². The van der Waals surface area contributed by atoms with Crippen molar-refractivity contribution in [3.8, 4) is 0 Å². The summed E-state index contributed by atoms with van der Waals surface area (Å²) in [5, 5.41) is 5.93. The number of nitrogens with one attached hydrogen (secondary N) is 2. The first-order valence-electron chi connectivity index (χ1n) is 12.6. The predicted molar refractivity (Wildman–Crippen MR) is 147 cm³/mol. The molecule has 0 aromatic heterocycles. The lowest BCUT2D eigenvalue weighted by molar-refractivity contribution is 0.0928. The Kier molecular flexibility index (Phi) is 8.28. The molecule has 0 radical (unpaired) electrons. The maximum Gasteiger partial charge on any atom is 0.255 e. The number of para-hydroxylation sites is 1. The molecule has 3 aromatic rings. The molecule has 0 bridgehead atoms. The summed E-state index contributed by atoms with van der Waals surface area (Å²) in [6.45, 7) is 2.14. The molecule has 0 saturated heterocycles. The smallest absolute Gasteiger partial charge is 0.255 e. The van der Waals surface area contributed by atoms with Gasteiger partial charge in [-0.2, -0.15) is 0 Å². The lowest BCUT2D eigenvalue weighted by atomic mass is 9.95. The van der Waals surface area contributed by atoms with E-state index in [0.717, 1.165) is 36.8 Å². The molecule has 1 saturated carbocycles. The largest absolute Gasteiger partial charge is 0.349 e. The molecule has 0 unspecified atom stereocenters. The minimum Gasteiger partial charge on any atom is -0.349 e. The molecule has 1 aliphatic rings. The molecule has 1 aliphatic carbocycles. The van der Waals surface area contributed by atoms with Gasteiger partial charge in [0.2, 0.25) is 10.0 Å². The standard InChI is InChI=1S/C29H33N3O4S/c1-21-10-6-7-11-23(21)20-32(37(2,35)36)25-18-16-22(17-19-25)28(33)31-27-15-9-8-14-26(27)29(34)30-24-12-4-3-5-13-24/h6-11,14-19,24H,3-5,12-13,20H2,1-2H3,(H,30,34)(H,31,33). The van der Waals surface area contributed by atoms with Crippen molar-refractivity contribution in [2.24, 2.45) is 0 Å². The lowest BCUT2D eigenvalue weighted by Crippen LogP contribution is -2.36. The van der Waals surface area contributed by atoms with Crippen molar-refractivity contribution in [1.82, 2.24) is 5.32 Å². The summed E-state index contributed by atoms with van der Waals surface area (Å²) < 4.78 is 26.4.